The molecule has 0 saturated carbocycles. The number of nitrogens with zero attached hydrogens (tertiary/aromatic N) is 1. The Morgan fingerprint density at radius 3 is 2.61 bits per heavy atom. The van der Waals surface area contributed by atoms with Gasteiger partial charge in [0.2, 0.25) is 0 Å². The summed E-state index contributed by atoms with van der Waals surface area (Å²) in [6, 6.07) is 16.5. The number of thiocarbonyl (C=S) groups is 1. The maximum absolute atomic E-state index is 5.51. The first kappa shape index (κ1) is 17.4. The van der Waals surface area contributed by atoms with Gasteiger partial charge in [0.1, 0.15) is 10.7 Å². The van der Waals surface area contributed by atoms with Gasteiger partial charge in [-0.05, 0) is 31.7 Å². The molecule has 122 valence electrons. The van der Waals surface area contributed by atoms with Crippen molar-refractivity contribution in [2.24, 2.45) is 0 Å². The van der Waals surface area contributed by atoms with Crippen molar-refractivity contribution in [1.82, 2.24) is 10.2 Å². The molecule has 2 rings (SSSR count). The van der Waals surface area contributed by atoms with Crippen molar-refractivity contribution >= 4 is 17.2 Å². The number of aryl methyl sites for hydroxylation is 1. The highest BCUT2D eigenvalue weighted by Crippen LogP contribution is 2.19. The van der Waals surface area contributed by atoms with Gasteiger partial charge in [-0.25, -0.2) is 0 Å². The van der Waals surface area contributed by atoms with Gasteiger partial charge in [-0.15, -0.1) is 0 Å². The third kappa shape index (κ3) is 5.34. The molecular formula is C19H24N2OS. The summed E-state index contributed by atoms with van der Waals surface area (Å²) in [5.74, 6) is 0.811. The van der Waals surface area contributed by atoms with Crippen molar-refractivity contribution < 1.29 is 4.74 Å². The summed E-state index contributed by atoms with van der Waals surface area (Å²) in [5.41, 5.74) is 3.44. The number of hydrogen-bond donors (Lipinski definition) is 1. The molecule has 0 bridgehead atoms. The Hall–Kier alpha value is -1.91. The summed E-state index contributed by atoms with van der Waals surface area (Å²) in [7, 11) is 3.79. The van der Waals surface area contributed by atoms with E-state index in [0.29, 0.717) is 0 Å². The largest absolute Gasteiger partial charge is 0.496 e. The maximum Gasteiger partial charge on any atom is 0.129 e. The molecule has 1 N–H and O–H groups in total. The molecule has 0 heterocycles. The molecule has 0 aliphatic rings. The van der Waals surface area contributed by atoms with E-state index in [1.165, 1.54) is 11.1 Å². The quantitative estimate of drug-likeness (QED) is 0.787. The van der Waals surface area contributed by atoms with Crippen LogP contribution in [0.5, 0.6) is 5.75 Å². The van der Waals surface area contributed by atoms with Gasteiger partial charge < -0.3 is 15.0 Å². The fraction of sp³-hybridized carbons (Fsp3) is 0.316. The van der Waals surface area contributed by atoms with Gasteiger partial charge in [-0.1, -0.05) is 54.2 Å². The lowest BCUT2D eigenvalue weighted by atomic mass is 10.1. The van der Waals surface area contributed by atoms with Gasteiger partial charge in [-0.3, -0.25) is 0 Å². The average molecular weight is 328 g/mol. The van der Waals surface area contributed by atoms with E-state index in [9.17, 15) is 0 Å². The Bertz CT molecular complexity index is 643. The van der Waals surface area contributed by atoms with Crippen LogP contribution in [0.3, 0.4) is 0 Å². The van der Waals surface area contributed by atoms with E-state index in [4.69, 9.17) is 17.0 Å². The molecule has 0 fully saturated rings. The van der Waals surface area contributed by atoms with E-state index in [2.05, 4.69) is 54.5 Å². The number of methoxy groups -OCH3 is 1. The monoisotopic (exact) mass is 328 g/mol. The molecule has 2 aromatic carbocycles. The first-order valence-electron chi connectivity index (χ1n) is 7.75. The zero-order chi connectivity index (χ0) is 16.7. The zero-order valence-electron chi connectivity index (χ0n) is 14.0. The summed E-state index contributed by atoms with van der Waals surface area (Å²) in [6.45, 7) is 4.71. The van der Waals surface area contributed by atoms with Crippen molar-refractivity contribution in [1.29, 1.82) is 0 Å². The van der Waals surface area contributed by atoms with Crippen LogP contribution in [0.2, 0.25) is 0 Å². The van der Waals surface area contributed by atoms with Crippen LogP contribution in [-0.2, 0) is 6.54 Å². The minimum Gasteiger partial charge on any atom is -0.496 e. The second-order valence-corrected chi connectivity index (χ2v) is 6.09. The number of nitrogens with one attached hydrogen (secondary N) is 1. The molecule has 23 heavy (non-hydrogen) atoms. The van der Waals surface area contributed by atoms with Crippen LogP contribution >= 0.6 is 12.2 Å². The van der Waals surface area contributed by atoms with Crippen LogP contribution in [-0.4, -0.2) is 37.1 Å². The second kappa shape index (κ2) is 8.65. The van der Waals surface area contributed by atoms with Crippen LogP contribution in [0.15, 0.2) is 48.5 Å². The van der Waals surface area contributed by atoms with E-state index >= 15 is 0 Å². The third-order valence-corrected chi connectivity index (χ3v) is 4.04. The van der Waals surface area contributed by atoms with Gasteiger partial charge >= 0.3 is 0 Å². The molecule has 0 saturated heterocycles. The van der Waals surface area contributed by atoms with Gasteiger partial charge in [-0.2, -0.15) is 0 Å². The molecular weight excluding hydrogens is 304 g/mol. The lowest BCUT2D eigenvalue weighted by molar-refractivity contribution is 0.332. The summed E-state index contributed by atoms with van der Waals surface area (Å²) in [4.78, 5) is 3.01. The second-order valence-electron chi connectivity index (χ2n) is 5.68. The predicted molar refractivity (Wildman–Crippen MR) is 100 cm³/mol. The van der Waals surface area contributed by atoms with Crippen LogP contribution in [0, 0.1) is 6.92 Å². The van der Waals surface area contributed by atoms with Crippen molar-refractivity contribution in [3.8, 4) is 5.75 Å². The van der Waals surface area contributed by atoms with E-state index in [-0.39, 0.29) is 0 Å². The normalized spacial score (nSPS) is 10.6. The van der Waals surface area contributed by atoms with Crippen molar-refractivity contribution in [3.63, 3.8) is 0 Å². The summed E-state index contributed by atoms with van der Waals surface area (Å²) in [6.07, 6.45) is 0. The Balaban J connectivity index is 1.84. The Kier molecular flexibility index (Phi) is 6.56. The highest BCUT2D eigenvalue weighted by atomic mass is 32.1. The lowest BCUT2D eigenvalue weighted by Crippen LogP contribution is -2.32. The molecule has 0 spiro atoms. The van der Waals surface area contributed by atoms with Crippen LogP contribution in [0.25, 0.3) is 0 Å². The fourth-order valence-electron chi connectivity index (χ4n) is 2.43. The Morgan fingerprint density at radius 1 is 1.17 bits per heavy atom. The minimum absolute atomic E-state index is 0.735. The van der Waals surface area contributed by atoms with E-state index in [1.54, 1.807) is 7.11 Å². The molecule has 3 nitrogen and oxygen atoms in total. The van der Waals surface area contributed by atoms with E-state index in [1.807, 2.05) is 18.2 Å². The first-order chi connectivity index (χ1) is 11.1. The Labute approximate surface area is 144 Å². The molecule has 0 radical (unpaired) electrons. The standard InChI is InChI=1S/C19H24N2OS/c1-15-9-10-18(22-3)17(13-15)19(23)20-11-12-21(2)14-16-7-5-4-6-8-16/h4-10,13H,11-12,14H2,1-3H3,(H,20,23). The van der Waals surface area contributed by atoms with E-state index in [0.717, 1.165) is 35.9 Å². The summed E-state index contributed by atoms with van der Waals surface area (Å²) >= 11 is 5.51. The van der Waals surface area contributed by atoms with Crippen LogP contribution < -0.4 is 10.1 Å². The summed E-state index contributed by atoms with van der Waals surface area (Å²) < 4.78 is 5.39. The maximum atomic E-state index is 5.51. The predicted octanol–water partition coefficient (Wildman–Crippen LogP) is 3.40. The molecule has 0 aromatic heterocycles. The third-order valence-electron chi connectivity index (χ3n) is 3.67. The first-order valence-corrected chi connectivity index (χ1v) is 8.16. The van der Waals surface area contributed by atoms with Crippen molar-refractivity contribution in [3.05, 3.63) is 65.2 Å². The molecule has 0 unspecified atom stereocenters. The number of hydrogen-bond acceptors (Lipinski definition) is 3. The van der Waals surface area contributed by atoms with Gasteiger partial charge in [0.05, 0.1) is 12.7 Å². The highest BCUT2D eigenvalue weighted by molar-refractivity contribution is 7.80. The van der Waals surface area contributed by atoms with Gasteiger partial charge in [0.15, 0.2) is 0 Å². The number of likely N-dealkylation sites (N-methyl/N-ethyl adjacent to an activating group) is 1. The van der Waals surface area contributed by atoms with Crippen LogP contribution in [0.1, 0.15) is 16.7 Å². The minimum atomic E-state index is 0.735. The van der Waals surface area contributed by atoms with Crippen LogP contribution in [0.4, 0.5) is 0 Å². The number of rotatable bonds is 7. The summed E-state index contributed by atoms with van der Waals surface area (Å²) in [5, 5.41) is 3.33. The molecule has 4 heteroatoms. The smallest absolute Gasteiger partial charge is 0.129 e. The fourth-order valence-corrected chi connectivity index (χ4v) is 2.69. The zero-order valence-corrected chi connectivity index (χ0v) is 14.8. The molecule has 0 atom stereocenters. The van der Waals surface area contributed by atoms with Crippen molar-refractivity contribution in [2.75, 3.05) is 27.2 Å². The SMILES string of the molecule is COc1ccc(C)cc1C(=S)NCCN(C)Cc1ccccc1. The lowest BCUT2D eigenvalue weighted by Gasteiger charge is -2.18. The highest BCUT2D eigenvalue weighted by Gasteiger charge is 2.09. The number of ether oxygens (including phenoxy) is 1. The van der Waals surface area contributed by atoms with E-state index < -0.39 is 0 Å². The average Bonchev–Trinajstić information content (AvgIpc) is 2.55. The molecule has 0 amide bonds. The van der Waals surface area contributed by atoms with Crippen molar-refractivity contribution in [2.45, 2.75) is 13.5 Å². The molecule has 0 aliphatic carbocycles. The topological polar surface area (TPSA) is 24.5 Å². The number of benzene rings is 2. The molecule has 2 aromatic rings. The van der Waals surface area contributed by atoms with Gasteiger partial charge in [0, 0.05) is 19.6 Å². The molecule has 0 aliphatic heterocycles. The Morgan fingerprint density at radius 2 is 1.91 bits per heavy atom. The van der Waals surface area contributed by atoms with Gasteiger partial charge in [0.25, 0.3) is 0 Å².